The Morgan fingerprint density at radius 2 is 1.83 bits per heavy atom. The highest BCUT2D eigenvalue weighted by atomic mass is 15.1. The Bertz CT molecular complexity index is 367. The largest absolute Gasteiger partial charge is 0.371 e. The van der Waals surface area contributed by atoms with Crippen molar-refractivity contribution >= 4 is 5.69 Å². The van der Waals surface area contributed by atoms with E-state index >= 15 is 0 Å². The van der Waals surface area contributed by atoms with Crippen molar-refractivity contribution in [1.29, 1.82) is 0 Å². The third-order valence-electron chi connectivity index (χ3n) is 3.69. The van der Waals surface area contributed by atoms with Crippen molar-refractivity contribution in [3.63, 3.8) is 0 Å². The molecule has 0 aromatic heterocycles. The first-order valence-corrected chi connectivity index (χ1v) is 7.07. The van der Waals surface area contributed by atoms with Gasteiger partial charge in [-0.25, -0.2) is 0 Å². The van der Waals surface area contributed by atoms with Crippen molar-refractivity contribution in [1.82, 2.24) is 0 Å². The van der Waals surface area contributed by atoms with Crippen LogP contribution in [0.3, 0.4) is 0 Å². The summed E-state index contributed by atoms with van der Waals surface area (Å²) in [7, 11) is 2.20. The van der Waals surface area contributed by atoms with Gasteiger partial charge in [-0.2, -0.15) is 0 Å². The zero-order valence-corrected chi connectivity index (χ0v) is 12.5. The van der Waals surface area contributed by atoms with Crippen LogP contribution in [0.5, 0.6) is 0 Å². The third-order valence-corrected chi connectivity index (χ3v) is 3.69. The van der Waals surface area contributed by atoms with E-state index < -0.39 is 0 Å². The summed E-state index contributed by atoms with van der Waals surface area (Å²) >= 11 is 0. The lowest BCUT2D eigenvalue weighted by molar-refractivity contribution is 0.590. The Hall–Kier alpha value is -1.02. The second-order valence-corrected chi connectivity index (χ2v) is 5.38. The molecule has 0 aliphatic carbocycles. The van der Waals surface area contributed by atoms with E-state index in [1.54, 1.807) is 0 Å². The Labute approximate surface area is 112 Å². The van der Waals surface area contributed by atoms with Crippen molar-refractivity contribution in [2.45, 2.75) is 59.0 Å². The highest BCUT2D eigenvalue weighted by Crippen LogP contribution is 2.24. The number of nitrogens with two attached hydrogens (primary N) is 1. The van der Waals surface area contributed by atoms with Gasteiger partial charge < -0.3 is 10.6 Å². The van der Waals surface area contributed by atoms with Crippen LogP contribution < -0.4 is 10.6 Å². The molecule has 0 saturated carbocycles. The molecule has 0 saturated heterocycles. The molecular weight excluding hydrogens is 220 g/mol. The van der Waals surface area contributed by atoms with E-state index in [-0.39, 0.29) is 6.04 Å². The summed E-state index contributed by atoms with van der Waals surface area (Å²) in [6, 6.07) is 7.59. The van der Waals surface area contributed by atoms with Gasteiger partial charge in [-0.3, -0.25) is 0 Å². The number of hydrogen-bond donors (Lipinski definition) is 1. The van der Waals surface area contributed by atoms with Crippen LogP contribution in [0.2, 0.25) is 0 Å². The Morgan fingerprint density at radius 3 is 2.28 bits per heavy atom. The van der Waals surface area contributed by atoms with Gasteiger partial charge in [-0.05, 0) is 50.3 Å². The molecule has 0 amide bonds. The average molecular weight is 248 g/mol. The molecule has 2 N–H and O–H groups in total. The lowest BCUT2D eigenvalue weighted by Crippen LogP contribution is -2.30. The molecule has 0 aliphatic rings. The van der Waals surface area contributed by atoms with Gasteiger partial charge in [0, 0.05) is 24.8 Å². The van der Waals surface area contributed by atoms with Crippen LogP contribution in [0.25, 0.3) is 0 Å². The van der Waals surface area contributed by atoms with E-state index in [1.807, 2.05) is 0 Å². The van der Waals surface area contributed by atoms with Gasteiger partial charge >= 0.3 is 0 Å². The van der Waals surface area contributed by atoms with Crippen LogP contribution in [0.15, 0.2) is 18.2 Å². The average Bonchev–Trinajstić information content (AvgIpc) is 2.29. The Balaban J connectivity index is 2.91. The summed E-state index contributed by atoms with van der Waals surface area (Å²) in [5.41, 5.74) is 9.88. The molecule has 0 radical (unpaired) electrons. The Kier molecular flexibility index (Phi) is 5.67. The fourth-order valence-corrected chi connectivity index (χ4v) is 2.65. The van der Waals surface area contributed by atoms with Gasteiger partial charge in [0.25, 0.3) is 0 Å². The van der Waals surface area contributed by atoms with E-state index in [0.29, 0.717) is 6.04 Å². The molecule has 18 heavy (non-hydrogen) atoms. The van der Waals surface area contributed by atoms with Crippen molar-refractivity contribution in [3.8, 4) is 0 Å². The molecule has 1 aromatic rings. The molecule has 1 atom stereocenters. The molecule has 2 nitrogen and oxygen atoms in total. The Morgan fingerprint density at radius 1 is 1.22 bits per heavy atom. The minimum Gasteiger partial charge on any atom is -0.371 e. The van der Waals surface area contributed by atoms with Crippen LogP contribution in [0, 0.1) is 6.92 Å². The minimum absolute atomic E-state index is 0.229. The van der Waals surface area contributed by atoms with Crippen LogP contribution in [0.1, 0.15) is 44.7 Å². The number of anilines is 1. The van der Waals surface area contributed by atoms with Crippen molar-refractivity contribution < 1.29 is 0 Å². The summed E-state index contributed by atoms with van der Waals surface area (Å²) in [6.45, 7) is 8.76. The zero-order chi connectivity index (χ0) is 13.7. The number of hydrogen-bond acceptors (Lipinski definition) is 2. The predicted octanol–water partition coefficient (Wildman–Crippen LogP) is 3.51. The van der Waals surface area contributed by atoms with Gasteiger partial charge in [0.2, 0.25) is 0 Å². The van der Waals surface area contributed by atoms with Gasteiger partial charge in [-0.1, -0.05) is 26.0 Å². The molecule has 0 heterocycles. The summed E-state index contributed by atoms with van der Waals surface area (Å²) in [5.74, 6) is 0. The minimum atomic E-state index is 0.229. The predicted molar refractivity (Wildman–Crippen MR) is 81.3 cm³/mol. The summed E-state index contributed by atoms with van der Waals surface area (Å²) < 4.78 is 0. The maximum Gasteiger partial charge on any atom is 0.0396 e. The fraction of sp³-hybridized carbons (Fsp3) is 0.625. The van der Waals surface area contributed by atoms with Crippen molar-refractivity contribution in [2.75, 3.05) is 11.9 Å². The standard InChI is InChI=1S/C16H28N2/c1-6-15(7-2)18(5)16-9-8-14(10-12(16)3)11-13(4)17/h8-10,13,15H,6-7,11,17H2,1-5H3. The van der Waals surface area contributed by atoms with Crippen LogP contribution in [-0.2, 0) is 6.42 Å². The lowest BCUT2D eigenvalue weighted by atomic mass is 10.0. The molecule has 0 spiro atoms. The second-order valence-electron chi connectivity index (χ2n) is 5.38. The van der Waals surface area contributed by atoms with E-state index in [9.17, 15) is 0 Å². The van der Waals surface area contributed by atoms with Crippen LogP contribution in [0.4, 0.5) is 5.69 Å². The van der Waals surface area contributed by atoms with E-state index in [1.165, 1.54) is 29.7 Å². The zero-order valence-electron chi connectivity index (χ0n) is 12.5. The topological polar surface area (TPSA) is 29.3 Å². The monoisotopic (exact) mass is 248 g/mol. The molecule has 0 bridgehead atoms. The SMILES string of the molecule is CCC(CC)N(C)c1ccc(CC(C)N)cc1C. The highest BCUT2D eigenvalue weighted by Gasteiger charge is 2.13. The maximum absolute atomic E-state index is 5.85. The summed E-state index contributed by atoms with van der Waals surface area (Å²) in [4.78, 5) is 2.41. The normalized spacial score (nSPS) is 12.8. The smallest absolute Gasteiger partial charge is 0.0396 e. The molecule has 1 aromatic carbocycles. The van der Waals surface area contributed by atoms with Gasteiger partial charge in [0.1, 0.15) is 0 Å². The van der Waals surface area contributed by atoms with Crippen molar-refractivity contribution in [3.05, 3.63) is 29.3 Å². The van der Waals surface area contributed by atoms with Crippen LogP contribution in [-0.4, -0.2) is 19.1 Å². The van der Waals surface area contributed by atoms with E-state index in [2.05, 4.69) is 57.8 Å². The first kappa shape index (κ1) is 15.0. The first-order chi connectivity index (χ1) is 8.49. The lowest BCUT2D eigenvalue weighted by Gasteiger charge is -2.30. The van der Waals surface area contributed by atoms with Crippen molar-refractivity contribution in [2.24, 2.45) is 5.73 Å². The van der Waals surface area contributed by atoms with Gasteiger partial charge in [0.05, 0.1) is 0 Å². The quantitative estimate of drug-likeness (QED) is 0.834. The molecular formula is C16H28N2. The number of rotatable bonds is 6. The molecule has 2 heteroatoms. The summed E-state index contributed by atoms with van der Waals surface area (Å²) in [6.07, 6.45) is 3.33. The number of aryl methyl sites for hydroxylation is 1. The molecule has 0 aliphatic heterocycles. The highest BCUT2D eigenvalue weighted by molar-refractivity contribution is 5.54. The molecule has 1 unspecified atom stereocenters. The second kappa shape index (κ2) is 6.79. The van der Waals surface area contributed by atoms with Gasteiger partial charge in [0.15, 0.2) is 0 Å². The van der Waals surface area contributed by atoms with Gasteiger partial charge in [-0.15, -0.1) is 0 Å². The molecule has 1 rings (SSSR count). The number of benzene rings is 1. The van der Waals surface area contributed by atoms with E-state index in [0.717, 1.165) is 6.42 Å². The molecule has 0 fully saturated rings. The first-order valence-electron chi connectivity index (χ1n) is 7.07. The number of nitrogens with zero attached hydrogens (tertiary/aromatic N) is 1. The molecule has 102 valence electrons. The fourth-order valence-electron chi connectivity index (χ4n) is 2.65. The van der Waals surface area contributed by atoms with E-state index in [4.69, 9.17) is 5.73 Å². The third kappa shape index (κ3) is 3.74. The summed E-state index contributed by atoms with van der Waals surface area (Å²) in [5, 5.41) is 0. The van der Waals surface area contributed by atoms with Crippen LogP contribution >= 0.6 is 0 Å². The maximum atomic E-state index is 5.85.